The molecule has 2 heterocycles. The van der Waals surface area contributed by atoms with Gasteiger partial charge in [-0.3, -0.25) is 4.90 Å². The zero-order chi connectivity index (χ0) is 14.8. The van der Waals surface area contributed by atoms with Gasteiger partial charge in [0.2, 0.25) is 0 Å². The Hall–Kier alpha value is -1.13. The van der Waals surface area contributed by atoms with Crippen LogP contribution in [-0.4, -0.2) is 40.7 Å². The number of pyridine rings is 1. The highest BCUT2D eigenvalue weighted by atomic mass is 16.5. The van der Waals surface area contributed by atoms with Crippen molar-refractivity contribution >= 4 is 5.82 Å². The minimum Gasteiger partial charge on any atom is -0.370 e. The fraction of sp³-hybridized carbons (Fsp3) is 0.688. The molecular formula is C16H27N3O. The molecule has 1 aliphatic heterocycles. The molecule has 0 atom stereocenters. The van der Waals surface area contributed by atoms with Crippen LogP contribution in [0.4, 0.5) is 5.82 Å². The van der Waals surface area contributed by atoms with E-state index in [9.17, 15) is 0 Å². The van der Waals surface area contributed by atoms with Gasteiger partial charge in [-0.05, 0) is 40.7 Å². The van der Waals surface area contributed by atoms with Crippen molar-refractivity contribution < 1.29 is 4.74 Å². The summed E-state index contributed by atoms with van der Waals surface area (Å²) in [4.78, 5) is 6.90. The summed E-state index contributed by atoms with van der Waals surface area (Å²) in [6.45, 7) is 14.4. The maximum absolute atomic E-state index is 6.13. The molecule has 0 unspecified atom stereocenters. The second-order valence-corrected chi connectivity index (χ2v) is 6.81. The summed E-state index contributed by atoms with van der Waals surface area (Å²) in [7, 11) is 0. The van der Waals surface area contributed by atoms with Crippen LogP contribution in [0, 0.1) is 0 Å². The lowest BCUT2D eigenvalue weighted by Gasteiger charge is -2.47. The van der Waals surface area contributed by atoms with Gasteiger partial charge < -0.3 is 10.1 Å². The third kappa shape index (κ3) is 3.93. The van der Waals surface area contributed by atoms with Gasteiger partial charge in [0.15, 0.2) is 0 Å². The van der Waals surface area contributed by atoms with Crippen LogP contribution in [0.5, 0.6) is 0 Å². The highest BCUT2D eigenvalue weighted by Crippen LogP contribution is 2.29. The third-order valence-corrected chi connectivity index (χ3v) is 3.39. The van der Waals surface area contributed by atoms with Crippen molar-refractivity contribution in [1.29, 1.82) is 0 Å². The van der Waals surface area contributed by atoms with Gasteiger partial charge in [0, 0.05) is 37.9 Å². The first kappa shape index (κ1) is 15.3. The second kappa shape index (κ2) is 5.70. The normalized spacial score (nSPS) is 21.6. The molecule has 0 radical (unpaired) electrons. The Morgan fingerprint density at radius 3 is 2.50 bits per heavy atom. The maximum atomic E-state index is 6.13. The molecule has 1 saturated heterocycles. The SMILES string of the molecule is CCNc1ncccc1CN1CC(C)(C)OC(C)(C)C1. The Labute approximate surface area is 122 Å². The Balaban J connectivity index is 2.13. The van der Waals surface area contributed by atoms with Gasteiger partial charge in [0.25, 0.3) is 0 Å². The van der Waals surface area contributed by atoms with Gasteiger partial charge in [0.1, 0.15) is 5.82 Å². The number of aromatic nitrogens is 1. The Bertz CT molecular complexity index is 441. The molecule has 1 aromatic rings. The van der Waals surface area contributed by atoms with Crippen molar-refractivity contribution in [3.05, 3.63) is 23.9 Å². The number of nitrogens with zero attached hydrogens (tertiary/aromatic N) is 2. The van der Waals surface area contributed by atoms with E-state index in [1.54, 1.807) is 0 Å². The van der Waals surface area contributed by atoms with Crippen molar-refractivity contribution in [2.24, 2.45) is 0 Å². The minimum atomic E-state index is -0.109. The second-order valence-electron chi connectivity index (χ2n) is 6.81. The first-order valence-corrected chi connectivity index (χ1v) is 7.42. The topological polar surface area (TPSA) is 37.4 Å². The Kier molecular flexibility index (Phi) is 4.35. The average molecular weight is 277 g/mol. The molecule has 0 saturated carbocycles. The average Bonchev–Trinajstić information content (AvgIpc) is 2.27. The number of morpholine rings is 1. The smallest absolute Gasteiger partial charge is 0.130 e. The van der Waals surface area contributed by atoms with E-state index in [1.807, 2.05) is 12.3 Å². The highest BCUT2D eigenvalue weighted by molar-refractivity contribution is 5.43. The number of anilines is 1. The van der Waals surface area contributed by atoms with E-state index in [1.165, 1.54) is 5.56 Å². The van der Waals surface area contributed by atoms with E-state index in [-0.39, 0.29) is 11.2 Å². The van der Waals surface area contributed by atoms with Gasteiger partial charge in [-0.25, -0.2) is 4.98 Å². The van der Waals surface area contributed by atoms with Crippen molar-refractivity contribution in [2.75, 3.05) is 25.0 Å². The van der Waals surface area contributed by atoms with Crippen LogP contribution in [0.1, 0.15) is 40.2 Å². The third-order valence-electron chi connectivity index (χ3n) is 3.39. The molecule has 112 valence electrons. The van der Waals surface area contributed by atoms with Crippen LogP contribution in [0.15, 0.2) is 18.3 Å². The summed E-state index contributed by atoms with van der Waals surface area (Å²) in [6, 6.07) is 4.16. The molecule has 0 amide bonds. The first-order valence-electron chi connectivity index (χ1n) is 7.42. The van der Waals surface area contributed by atoms with Gasteiger partial charge in [-0.2, -0.15) is 0 Å². The fourth-order valence-corrected chi connectivity index (χ4v) is 3.19. The molecule has 4 nitrogen and oxygen atoms in total. The maximum Gasteiger partial charge on any atom is 0.130 e. The number of ether oxygens (including phenoxy) is 1. The van der Waals surface area contributed by atoms with Crippen LogP contribution in [0.2, 0.25) is 0 Å². The molecule has 1 fully saturated rings. The number of hydrogen-bond acceptors (Lipinski definition) is 4. The summed E-state index contributed by atoms with van der Waals surface area (Å²) in [5, 5.41) is 3.34. The zero-order valence-corrected chi connectivity index (χ0v) is 13.4. The minimum absolute atomic E-state index is 0.109. The predicted octanol–water partition coefficient (Wildman–Crippen LogP) is 2.90. The number of nitrogens with one attached hydrogen (secondary N) is 1. The highest BCUT2D eigenvalue weighted by Gasteiger charge is 2.38. The summed E-state index contributed by atoms with van der Waals surface area (Å²) < 4.78 is 6.13. The van der Waals surface area contributed by atoms with Crippen molar-refractivity contribution in [3.8, 4) is 0 Å². The fourth-order valence-electron chi connectivity index (χ4n) is 3.19. The van der Waals surface area contributed by atoms with Gasteiger partial charge in [0.05, 0.1) is 11.2 Å². The van der Waals surface area contributed by atoms with E-state index in [0.717, 1.165) is 32.0 Å². The standard InChI is InChI=1S/C16H27N3O/c1-6-17-14-13(8-7-9-18-14)10-19-11-15(2,3)20-16(4,5)12-19/h7-9H,6,10-12H2,1-5H3,(H,17,18). The molecule has 0 bridgehead atoms. The molecule has 1 aromatic heterocycles. The van der Waals surface area contributed by atoms with Crippen LogP contribution in [0.25, 0.3) is 0 Å². The lowest BCUT2D eigenvalue weighted by molar-refractivity contribution is -0.182. The van der Waals surface area contributed by atoms with Crippen LogP contribution < -0.4 is 5.32 Å². The molecule has 0 aliphatic carbocycles. The van der Waals surface area contributed by atoms with Crippen molar-refractivity contribution in [2.45, 2.75) is 52.4 Å². The van der Waals surface area contributed by atoms with Gasteiger partial charge >= 0.3 is 0 Å². The molecular weight excluding hydrogens is 250 g/mol. The van der Waals surface area contributed by atoms with Crippen molar-refractivity contribution in [3.63, 3.8) is 0 Å². The van der Waals surface area contributed by atoms with E-state index in [4.69, 9.17) is 4.74 Å². The summed E-state index contributed by atoms with van der Waals surface area (Å²) in [5.74, 6) is 0.997. The van der Waals surface area contributed by atoms with Crippen molar-refractivity contribution in [1.82, 2.24) is 9.88 Å². The predicted molar refractivity (Wildman–Crippen MR) is 82.9 cm³/mol. The van der Waals surface area contributed by atoms with Crippen LogP contribution >= 0.6 is 0 Å². The molecule has 2 rings (SSSR count). The molecule has 0 spiro atoms. The van der Waals surface area contributed by atoms with E-state index in [0.29, 0.717) is 0 Å². The lowest BCUT2D eigenvalue weighted by Crippen LogP contribution is -2.56. The van der Waals surface area contributed by atoms with E-state index in [2.05, 4.69) is 55.9 Å². The number of rotatable bonds is 4. The quantitative estimate of drug-likeness (QED) is 0.918. The van der Waals surface area contributed by atoms with Gasteiger partial charge in [-0.15, -0.1) is 0 Å². The molecule has 1 aliphatic rings. The van der Waals surface area contributed by atoms with E-state index >= 15 is 0 Å². The zero-order valence-electron chi connectivity index (χ0n) is 13.4. The van der Waals surface area contributed by atoms with Crippen LogP contribution in [-0.2, 0) is 11.3 Å². The largest absolute Gasteiger partial charge is 0.370 e. The summed E-state index contributed by atoms with van der Waals surface area (Å²) in [6.07, 6.45) is 1.84. The van der Waals surface area contributed by atoms with E-state index < -0.39 is 0 Å². The van der Waals surface area contributed by atoms with Gasteiger partial charge in [-0.1, -0.05) is 6.07 Å². The summed E-state index contributed by atoms with van der Waals surface area (Å²) >= 11 is 0. The Morgan fingerprint density at radius 2 is 1.90 bits per heavy atom. The summed E-state index contributed by atoms with van der Waals surface area (Å²) in [5.41, 5.74) is 1.03. The lowest BCUT2D eigenvalue weighted by atomic mass is 9.98. The molecule has 20 heavy (non-hydrogen) atoms. The first-order chi connectivity index (χ1) is 9.31. The van der Waals surface area contributed by atoms with Crippen LogP contribution in [0.3, 0.4) is 0 Å². The Morgan fingerprint density at radius 1 is 1.25 bits per heavy atom. The number of hydrogen-bond donors (Lipinski definition) is 1. The molecule has 1 N–H and O–H groups in total. The molecule has 4 heteroatoms. The molecule has 0 aromatic carbocycles. The monoisotopic (exact) mass is 277 g/mol.